The number of thiazole rings is 1. The van der Waals surface area contributed by atoms with Gasteiger partial charge >= 0.3 is 5.97 Å². The van der Waals surface area contributed by atoms with E-state index in [0.29, 0.717) is 26.8 Å². The second-order valence-corrected chi connectivity index (χ2v) is 5.99. The van der Waals surface area contributed by atoms with Crippen LogP contribution in [0.5, 0.6) is 0 Å². The van der Waals surface area contributed by atoms with Gasteiger partial charge in [-0.15, -0.1) is 0 Å². The number of ether oxygens (including phenoxy) is 1. The normalized spacial score (nSPS) is 10.8. The molecule has 24 heavy (non-hydrogen) atoms. The second-order valence-electron chi connectivity index (χ2n) is 4.95. The minimum absolute atomic E-state index is 0.207. The lowest BCUT2D eigenvalue weighted by molar-refractivity contribution is -0.119. The maximum Gasteiger partial charge on any atom is 0.344 e. The number of amides is 1. The molecule has 3 aromatic rings. The number of anilines is 1. The number of hydrogen-bond donors (Lipinski definition) is 1. The van der Waals surface area contributed by atoms with Crippen molar-refractivity contribution in [3.8, 4) is 0 Å². The molecule has 1 N–H and O–H groups in total. The van der Waals surface area contributed by atoms with E-state index in [1.165, 1.54) is 18.2 Å². The summed E-state index contributed by atoms with van der Waals surface area (Å²) < 4.78 is 23.6. The van der Waals surface area contributed by atoms with Crippen LogP contribution in [0.2, 0.25) is 0 Å². The molecule has 0 radical (unpaired) electrons. The second kappa shape index (κ2) is 6.36. The van der Waals surface area contributed by atoms with Crippen LogP contribution in [0.25, 0.3) is 10.2 Å². The maximum absolute atomic E-state index is 13.1. The number of aryl methyl sites for hydroxylation is 2. The summed E-state index contributed by atoms with van der Waals surface area (Å²) in [5.41, 5.74) is 1.17. The van der Waals surface area contributed by atoms with Crippen molar-refractivity contribution < 1.29 is 23.2 Å². The van der Waals surface area contributed by atoms with Crippen molar-refractivity contribution in [3.05, 3.63) is 41.0 Å². The fraction of sp³-hybridized carbons (Fsp3) is 0.200. The number of carbonyl (C=O) groups is 2. The van der Waals surface area contributed by atoms with Crippen LogP contribution in [0.1, 0.15) is 21.8 Å². The number of benzene rings is 1. The number of rotatable bonds is 4. The van der Waals surface area contributed by atoms with Crippen molar-refractivity contribution in [2.45, 2.75) is 13.8 Å². The van der Waals surface area contributed by atoms with Crippen LogP contribution >= 0.6 is 11.3 Å². The van der Waals surface area contributed by atoms with E-state index in [0.717, 1.165) is 11.3 Å². The minimum Gasteiger partial charge on any atom is -0.452 e. The van der Waals surface area contributed by atoms with Gasteiger partial charge < -0.3 is 9.26 Å². The third-order valence-electron chi connectivity index (χ3n) is 3.17. The molecule has 2 heterocycles. The molecule has 9 heteroatoms. The fourth-order valence-corrected chi connectivity index (χ4v) is 2.99. The van der Waals surface area contributed by atoms with Gasteiger partial charge in [0.05, 0.1) is 15.9 Å². The van der Waals surface area contributed by atoms with E-state index in [9.17, 15) is 14.0 Å². The Hall–Kier alpha value is -2.81. The van der Waals surface area contributed by atoms with E-state index in [1.807, 2.05) is 0 Å². The number of hydrogen-bond acceptors (Lipinski definition) is 7. The predicted octanol–water partition coefficient (Wildman–Crippen LogP) is 2.84. The van der Waals surface area contributed by atoms with E-state index >= 15 is 0 Å². The summed E-state index contributed by atoms with van der Waals surface area (Å²) in [4.78, 5) is 27.9. The summed E-state index contributed by atoms with van der Waals surface area (Å²) >= 11 is 1.13. The zero-order valence-corrected chi connectivity index (χ0v) is 13.6. The highest BCUT2D eigenvalue weighted by molar-refractivity contribution is 7.22. The Morgan fingerprint density at radius 3 is 2.88 bits per heavy atom. The van der Waals surface area contributed by atoms with Gasteiger partial charge in [0.15, 0.2) is 11.7 Å². The van der Waals surface area contributed by atoms with Crippen molar-refractivity contribution in [1.82, 2.24) is 10.1 Å². The third kappa shape index (κ3) is 3.25. The van der Waals surface area contributed by atoms with Gasteiger partial charge in [-0.05, 0) is 32.0 Å². The quantitative estimate of drug-likeness (QED) is 0.728. The van der Waals surface area contributed by atoms with Gasteiger partial charge in [0, 0.05) is 0 Å². The Kier molecular flexibility index (Phi) is 4.26. The molecule has 0 fully saturated rings. The van der Waals surface area contributed by atoms with E-state index in [1.54, 1.807) is 13.8 Å². The van der Waals surface area contributed by atoms with Gasteiger partial charge in [-0.25, -0.2) is 14.2 Å². The van der Waals surface area contributed by atoms with E-state index in [4.69, 9.17) is 9.26 Å². The van der Waals surface area contributed by atoms with Gasteiger partial charge in [-0.3, -0.25) is 10.1 Å². The Bertz CT molecular complexity index is 915. The summed E-state index contributed by atoms with van der Waals surface area (Å²) in [5, 5.41) is 6.46. The molecule has 0 unspecified atom stereocenters. The molecule has 7 nitrogen and oxygen atoms in total. The predicted molar refractivity (Wildman–Crippen MR) is 84.5 cm³/mol. The number of fused-ring (bicyclic) bond motifs is 1. The first-order chi connectivity index (χ1) is 11.4. The molecular weight excluding hydrogens is 337 g/mol. The van der Waals surface area contributed by atoms with Gasteiger partial charge in [0.2, 0.25) is 0 Å². The first-order valence-corrected chi connectivity index (χ1v) is 7.71. The first-order valence-electron chi connectivity index (χ1n) is 6.90. The smallest absolute Gasteiger partial charge is 0.344 e. The molecule has 3 rings (SSSR count). The summed E-state index contributed by atoms with van der Waals surface area (Å²) in [5.74, 6) is -1.29. The summed E-state index contributed by atoms with van der Waals surface area (Å²) in [6.45, 7) is 2.71. The molecule has 0 saturated carbocycles. The number of esters is 1. The highest BCUT2D eigenvalue weighted by Gasteiger charge is 2.20. The van der Waals surface area contributed by atoms with Gasteiger partial charge in [-0.1, -0.05) is 16.5 Å². The first kappa shape index (κ1) is 16.1. The molecule has 1 aromatic carbocycles. The minimum atomic E-state index is -0.687. The number of nitrogens with one attached hydrogen (secondary N) is 1. The molecule has 2 aromatic heterocycles. The summed E-state index contributed by atoms with van der Waals surface area (Å²) in [6, 6.07) is 4.15. The van der Waals surface area contributed by atoms with E-state index in [-0.39, 0.29) is 11.4 Å². The monoisotopic (exact) mass is 349 g/mol. The molecule has 0 aliphatic heterocycles. The lowest BCUT2D eigenvalue weighted by atomic mass is 10.2. The molecule has 0 aliphatic rings. The standard InChI is InChI=1S/C15H12FN3O4S/c1-7-13(8(2)23-19-7)14(21)22-6-12(20)18-15-17-10-4-3-9(16)5-11(10)24-15/h3-5H,6H2,1-2H3,(H,17,18,20). The molecule has 0 spiro atoms. The van der Waals surface area contributed by atoms with Gasteiger partial charge in [0.25, 0.3) is 5.91 Å². The van der Waals surface area contributed by atoms with Crippen molar-refractivity contribution in [1.29, 1.82) is 0 Å². The average Bonchev–Trinajstić information content (AvgIpc) is 3.07. The van der Waals surface area contributed by atoms with Crippen molar-refractivity contribution in [2.24, 2.45) is 0 Å². The van der Waals surface area contributed by atoms with Crippen molar-refractivity contribution in [2.75, 3.05) is 11.9 Å². The van der Waals surface area contributed by atoms with Crippen LogP contribution in [0.4, 0.5) is 9.52 Å². The highest BCUT2D eigenvalue weighted by atomic mass is 32.1. The van der Waals surface area contributed by atoms with Crippen molar-refractivity contribution >= 4 is 38.6 Å². The lowest BCUT2D eigenvalue weighted by Gasteiger charge is -2.04. The molecule has 0 atom stereocenters. The summed E-state index contributed by atoms with van der Waals surface area (Å²) in [6.07, 6.45) is 0. The Morgan fingerprint density at radius 1 is 1.38 bits per heavy atom. The van der Waals surface area contributed by atoms with Crippen LogP contribution in [0.3, 0.4) is 0 Å². The molecule has 0 bridgehead atoms. The maximum atomic E-state index is 13.1. The van der Waals surface area contributed by atoms with E-state index in [2.05, 4.69) is 15.5 Å². The molecule has 1 amide bonds. The average molecular weight is 349 g/mol. The molecule has 0 aliphatic carbocycles. The van der Waals surface area contributed by atoms with Crippen LogP contribution in [-0.4, -0.2) is 28.6 Å². The largest absolute Gasteiger partial charge is 0.452 e. The lowest BCUT2D eigenvalue weighted by Crippen LogP contribution is -2.21. The topological polar surface area (TPSA) is 94.3 Å². The third-order valence-corrected chi connectivity index (χ3v) is 4.10. The highest BCUT2D eigenvalue weighted by Crippen LogP contribution is 2.26. The molecule has 0 saturated heterocycles. The Balaban J connectivity index is 1.62. The number of carbonyl (C=O) groups excluding carboxylic acids is 2. The fourth-order valence-electron chi connectivity index (χ4n) is 2.08. The van der Waals surface area contributed by atoms with E-state index < -0.39 is 18.5 Å². The van der Waals surface area contributed by atoms with Gasteiger partial charge in [0.1, 0.15) is 17.1 Å². The molecular formula is C15H12FN3O4S. The van der Waals surface area contributed by atoms with Crippen LogP contribution in [0.15, 0.2) is 22.7 Å². The number of aromatic nitrogens is 2. The van der Waals surface area contributed by atoms with Crippen molar-refractivity contribution in [3.63, 3.8) is 0 Å². The zero-order valence-electron chi connectivity index (χ0n) is 12.8. The Morgan fingerprint density at radius 2 is 2.17 bits per heavy atom. The van der Waals surface area contributed by atoms with Crippen LogP contribution in [0, 0.1) is 19.7 Å². The number of halogens is 1. The summed E-state index contributed by atoms with van der Waals surface area (Å²) in [7, 11) is 0. The van der Waals surface area contributed by atoms with Crippen LogP contribution < -0.4 is 5.32 Å². The van der Waals surface area contributed by atoms with Crippen LogP contribution in [-0.2, 0) is 9.53 Å². The molecule has 124 valence electrons. The number of nitrogens with zero attached hydrogens (tertiary/aromatic N) is 2. The Labute approximate surface area is 139 Å². The SMILES string of the molecule is Cc1noc(C)c1C(=O)OCC(=O)Nc1nc2ccc(F)cc2s1. The zero-order chi connectivity index (χ0) is 17.3. The van der Waals surface area contributed by atoms with Gasteiger partial charge in [-0.2, -0.15) is 0 Å².